The number of hydrogen-bond acceptors (Lipinski definition) is 2. The molecule has 0 fully saturated rings. The molecule has 0 saturated carbocycles. The van der Waals surface area contributed by atoms with Crippen LogP contribution in [0.25, 0.3) is 11.1 Å². The highest BCUT2D eigenvalue weighted by molar-refractivity contribution is 6.42. The van der Waals surface area contributed by atoms with Crippen molar-refractivity contribution in [1.82, 2.24) is 9.78 Å². The molecule has 1 N–H and O–H groups in total. The van der Waals surface area contributed by atoms with E-state index in [-0.39, 0.29) is 22.7 Å². The van der Waals surface area contributed by atoms with Gasteiger partial charge in [-0.3, -0.25) is 9.48 Å². The molecule has 0 atom stereocenters. The van der Waals surface area contributed by atoms with Gasteiger partial charge in [0, 0.05) is 24.4 Å². The molecular weight excluding hydrogens is 414 g/mol. The van der Waals surface area contributed by atoms with Gasteiger partial charge in [0.15, 0.2) is 0 Å². The summed E-state index contributed by atoms with van der Waals surface area (Å²) in [4.78, 5) is 12.4. The van der Waals surface area contributed by atoms with Crippen LogP contribution in [0.1, 0.15) is 17.7 Å². The summed E-state index contributed by atoms with van der Waals surface area (Å²) in [5.74, 6) is -1.32. The molecule has 3 aromatic rings. The molecule has 9 heteroatoms. The van der Waals surface area contributed by atoms with Crippen molar-refractivity contribution in [2.24, 2.45) is 7.05 Å². The topological polar surface area (TPSA) is 46.9 Å². The van der Waals surface area contributed by atoms with Crippen LogP contribution in [0.3, 0.4) is 0 Å². The number of alkyl halides is 2. The van der Waals surface area contributed by atoms with Gasteiger partial charge in [0.2, 0.25) is 5.91 Å². The second-order valence-electron chi connectivity index (χ2n) is 6.03. The number of para-hydroxylation sites is 1. The molecule has 0 aliphatic carbocycles. The van der Waals surface area contributed by atoms with Crippen LogP contribution < -0.4 is 5.32 Å². The number of aryl methyl sites for hydroxylation is 1. The number of nitrogens with zero attached hydrogens (tertiary/aromatic N) is 2. The number of carbonyl (C=O) groups is 1. The fourth-order valence-corrected chi connectivity index (χ4v) is 3.08. The first kappa shape index (κ1) is 20.2. The van der Waals surface area contributed by atoms with E-state index in [9.17, 15) is 18.0 Å². The van der Waals surface area contributed by atoms with E-state index in [2.05, 4.69) is 10.4 Å². The standard InChI is InChI=1S/C19H14Cl2F3N3O/c1-27-9-11(17(26-27)19(23)24)8-16(28)25-18-12(3-2-4-15(18)22)10-5-6-13(20)14(21)7-10/h2-7,9,19H,8H2,1H3,(H,25,28). The van der Waals surface area contributed by atoms with Crippen molar-refractivity contribution >= 4 is 34.8 Å². The van der Waals surface area contributed by atoms with Gasteiger partial charge in [0.25, 0.3) is 6.43 Å². The van der Waals surface area contributed by atoms with Crippen LogP contribution >= 0.6 is 23.2 Å². The zero-order valence-electron chi connectivity index (χ0n) is 14.5. The van der Waals surface area contributed by atoms with Crippen LogP contribution in [0.5, 0.6) is 0 Å². The smallest absolute Gasteiger partial charge is 0.282 e. The number of amides is 1. The van der Waals surface area contributed by atoms with Gasteiger partial charge >= 0.3 is 0 Å². The first-order valence-electron chi connectivity index (χ1n) is 8.10. The molecule has 0 unspecified atom stereocenters. The third-order valence-electron chi connectivity index (χ3n) is 4.00. The second kappa shape index (κ2) is 8.24. The lowest BCUT2D eigenvalue weighted by atomic mass is 10.0. The van der Waals surface area contributed by atoms with Gasteiger partial charge < -0.3 is 5.32 Å². The van der Waals surface area contributed by atoms with Crippen LogP contribution in [0, 0.1) is 5.82 Å². The second-order valence-corrected chi connectivity index (χ2v) is 6.84. The fraction of sp³-hybridized carbons (Fsp3) is 0.158. The molecule has 2 aromatic carbocycles. The molecule has 3 rings (SSSR count). The van der Waals surface area contributed by atoms with Crippen molar-refractivity contribution in [2.45, 2.75) is 12.8 Å². The number of rotatable bonds is 5. The van der Waals surface area contributed by atoms with E-state index < -0.39 is 23.8 Å². The van der Waals surface area contributed by atoms with Gasteiger partial charge in [0.05, 0.1) is 22.2 Å². The maximum atomic E-state index is 14.4. The molecular formula is C19H14Cl2F3N3O. The van der Waals surface area contributed by atoms with Crippen molar-refractivity contribution in [1.29, 1.82) is 0 Å². The number of nitrogens with one attached hydrogen (secondary N) is 1. The first-order chi connectivity index (χ1) is 13.3. The van der Waals surface area contributed by atoms with E-state index in [1.165, 1.54) is 30.1 Å². The molecule has 1 amide bonds. The van der Waals surface area contributed by atoms with Gasteiger partial charge in [0.1, 0.15) is 11.5 Å². The molecule has 1 aromatic heterocycles. The Kier molecular flexibility index (Phi) is 5.96. The minimum Gasteiger partial charge on any atom is -0.323 e. The highest BCUT2D eigenvalue weighted by Gasteiger charge is 2.21. The van der Waals surface area contributed by atoms with Gasteiger partial charge in [-0.15, -0.1) is 0 Å². The number of benzene rings is 2. The summed E-state index contributed by atoms with van der Waals surface area (Å²) >= 11 is 11.9. The van der Waals surface area contributed by atoms with E-state index in [0.29, 0.717) is 16.1 Å². The SMILES string of the molecule is Cn1cc(CC(=O)Nc2c(F)cccc2-c2ccc(Cl)c(Cl)c2)c(C(F)F)n1. The molecule has 0 radical (unpaired) electrons. The van der Waals surface area contributed by atoms with E-state index >= 15 is 0 Å². The molecule has 146 valence electrons. The lowest BCUT2D eigenvalue weighted by Crippen LogP contribution is -2.16. The first-order valence-corrected chi connectivity index (χ1v) is 8.86. The zero-order chi connectivity index (χ0) is 20.4. The summed E-state index contributed by atoms with van der Waals surface area (Å²) < 4.78 is 41.7. The number of aromatic nitrogens is 2. The Hall–Kier alpha value is -2.51. The van der Waals surface area contributed by atoms with Gasteiger partial charge in [-0.1, -0.05) is 41.4 Å². The summed E-state index contributed by atoms with van der Waals surface area (Å²) in [6, 6.07) is 9.01. The summed E-state index contributed by atoms with van der Waals surface area (Å²) in [6.07, 6.45) is -1.85. The predicted octanol–water partition coefficient (Wildman–Crippen LogP) is 5.65. The number of carbonyl (C=O) groups excluding carboxylic acids is 1. The maximum absolute atomic E-state index is 14.4. The van der Waals surface area contributed by atoms with Crippen molar-refractivity contribution in [3.8, 4) is 11.1 Å². The number of hydrogen-bond donors (Lipinski definition) is 1. The average molecular weight is 428 g/mol. The van der Waals surface area contributed by atoms with Crippen molar-refractivity contribution in [3.05, 3.63) is 69.7 Å². The highest BCUT2D eigenvalue weighted by atomic mass is 35.5. The van der Waals surface area contributed by atoms with E-state index in [1.54, 1.807) is 24.3 Å². The fourth-order valence-electron chi connectivity index (χ4n) is 2.79. The van der Waals surface area contributed by atoms with Crippen LogP contribution in [-0.4, -0.2) is 15.7 Å². The molecule has 28 heavy (non-hydrogen) atoms. The Morgan fingerprint density at radius 2 is 1.96 bits per heavy atom. The molecule has 0 aliphatic heterocycles. The normalized spacial score (nSPS) is 11.1. The van der Waals surface area contributed by atoms with Gasteiger partial charge in [-0.05, 0) is 23.8 Å². The third-order valence-corrected chi connectivity index (χ3v) is 4.74. The summed E-state index contributed by atoms with van der Waals surface area (Å²) in [5.41, 5.74) is 0.442. The molecule has 1 heterocycles. The van der Waals surface area contributed by atoms with Gasteiger partial charge in [-0.2, -0.15) is 5.10 Å². The molecule has 0 aliphatic rings. The summed E-state index contributed by atoms with van der Waals surface area (Å²) in [6.45, 7) is 0. The van der Waals surface area contributed by atoms with Gasteiger partial charge in [-0.25, -0.2) is 13.2 Å². The van der Waals surface area contributed by atoms with Crippen LogP contribution in [0.4, 0.5) is 18.9 Å². The van der Waals surface area contributed by atoms with E-state index in [4.69, 9.17) is 23.2 Å². The van der Waals surface area contributed by atoms with Crippen molar-refractivity contribution in [2.75, 3.05) is 5.32 Å². The van der Waals surface area contributed by atoms with E-state index in [1.807, 2.05) is 0 Å². The lowest BCUT2D eigenvalue weighted by molar-refractivity contribution is -0.115. The molecule has 4 nitrogen and oxygen atoms in total. The van der Waals surface area contributed by atoms with Crippen LogP contribution in [0.15, 0.2) is 42.6 Å². The Morgan fingerprint density at radius 1 is 1.21 bits per heavy atom. The quantitative estimate of drug-likeness (QED) is 0.571. The Balaban J connectivity index is 1.90. The third kappa shape index (κ3) is 4.31. The summed E-state index contributed by atoms with van der Waals surface area (Å²) in [7, 11) is 1.48. The summed E-state index contributed by atoms with van der Waals surface area (Å²) in [5, 5.41) is 6.73. The van der Waals surface area contributed by atoms with E-state index in [0.717, 1.165) is 0 Å². The predicted molar refractivity (Wildman–Crippen MR) is 102 cm³/mol. The molecule has 0 bridgehead atoms. The Labute approximate surface area is 168 Å². The molecule has 0 spiro atoms. The number of anilines is 1. The average Bonchev–Trinajstić information content (AvgIpc) is 2.99. The molecule has 0 saturated heterocycles. The Morgan fingerprint density at radius 3 is 2.64 bits per heavy atom. The van der Waals surface area contributed by atoms with Crippen molar-refractivity contribution in [3.63, 3.8) is 0 Å². The lowest BCUT2D eigenvalue weighted by Gasteiger charge is -2.13. The highest BCUT2D eigenvalue weighted by Crippen LogP contribution is 2.34. The monoisotopic (exact) mass is 427 g/mol. The maximum Gasteiger partial charge on any atom is 0.282 e. The van der Waals surface area contributed by atoms with Crippen LogP contribution in [0.2, 0.25) is 10.0 Å². The zero-order valence-corrected chi connectivity index (χ0v) is 16.0. The number of halogens is 5. The minimum absolute atomic E-state index is 0.0717. The van der Waals surface area contributed by atoms with Crippen molar-refractivity contribution < 1.29 is 18.0 Å². The Bertz CT molecular complexity index is 1040. The van der Waals surface area contributed by atoms with Crippen LogP contribution in [-0.2, 0) is 18.3 Å². The largest absolute Gasteiger partial charge is 0.323 e. The minimum atomic E-state index is -2.82.